The summed E-state index contributed by atoms with van der Waals surface area (Å²) in [6.07, 6.45) is 0. The largest absolute Gasteiger partial charge is 0.497 e. The molecule has 0 unspecified atom stereocenters. The standard InChI is InChI=1S/C20H20OP/c1-21-17-13-15-20(16-14-17)22(2,18-9-5-3-6-10-18)19-11-7-4-8-12-19/h3-16H,1-2H3/q+1. The van der Waals surface area contributed by atoms with Gasteiger partial charge in [0.1, 0.15) is 28.9 Å². The molecule has 0 fully saturated rings. The van der Waals surface area contributed by atoms with Gasteiger partial charge in [0, 0.05) is 0 Å². The van der Waals surface area contributed by atoms with Gasteiger partial charge < -0.3 is 4.74 Å². The number of methoxy groups -OCH3 is 1. The van der Waals surface area contributed by atoms with Gasteiger partial charge in [-0.25, -0.2) is 0 Å². The van der Waals surface area contributed by atoms with Crippen molar-refractivity contribution in [3.05, 3.63) is 84.9 Å². The lowest BCUT2D eigenvalue weighted by Gasteiger charge is -2.23. The minimum absolute atomic E-state index is 0.899. The highest BCUT2D eigenvalue weighted by atomic mass is 31.2. The molecule has 0 aliphatic rings. The summed E-state index contributed by atoms with van der Waals surface area (Å²) in [6, 6.07) is 30.1. The Balaban J connectivity index is 2.18. The smallest absolute Gasteiger partial charge is 0.119 e. The molecule has 0 saturated carbocycles. The lowest BCUT2D eigenvalue weighted by molar-refractivity contribution is 0.415. The quantitative estimate of drug-likeness (QED) is 0.669. The van der Waals surface area contributed by atoms with E-state index in [1.165, 1.54) is 15.9 Å². The average molecular weight is 307 g/mol. The minimum atomic E-state index is -1.61. The molecule has 0 bridgehead atoms. The van der Waals surface area contributed by atoms with Gasteiger partial charge in [0.15, 0.2) is 0 Å². The first kappa shape index (κ1) is 14.8. The van der Waals surface area contributed by atoms with Crippen LogP contribution in [0.4, 0.5) is 0 Å². The molecule has 110 valence electrons. The van der Waals surface area contributed by atoms with Gasteiger partial charge in [-0.2, -0.15) is 0 Å². The first-order valence-corrected chi connectivity index (χ1v) is 9.61. The van der Waals surface area contributed by atoms with Crippen LogP contribution < -0.4 is 20.7 Å². The van der Waals surface area contributed by atoms with Crippen LogP contribution in [-0.4, -0.2) is 13.8 Å². The maximum Gasteiger partial charge on any atom is 0.119 e. The lowest BCUT2D eigenvalue weighted by Crippen LogP contribution is -2.30. The van der Waals surface area contributed by atoms with Gasteiger partial charge in [0.05, 0.1) is 13.8 Å². The van der Waals surface area contributed by atoms with Gasteiger partial charge >= 0.3 is 0 Å². The van der Waals surface area contributed by atoms with Gasteiger partial charge in [0.25, 0.3) is 0 Å². The molecule has 1 nitrogen and oxygen atoms in total. The van der Waals surface area contributed by atoms with Crippen molar-refractivity contribution in [3.8, 4) is 5.75 Å². The summed E-state index contributed by atoms with van der Waals surface area (Å²) in [7, 11) is 0.0938. The molecule has 0 heterocycles. The zero-order valence-electron chi connectivity index (χ0n) is 12.9. The molecular weight excluding hydrogens is 287 g/mol. The first-order valence-electron chi connectivity index (χ1n) is 7.37. The third-order valence-electron chi connectivity index (χ3n) is 4.13. The molecule has 0 amide bonds. The molecule has 0 aliphatic heterocycles. The lowest BCUT2D eigenvalue weighted by atomic mass is 10.3. The highest BCUT2D eigenvalue weighted by Crippen LogP contribution is 2.51. The summed E-state index contributed by atoms with van der Waals surface area (Å²) in [5.74, 6) is 0.899. The maximum atomic E-state index is 5.31. The fourth-order valence-corrected chi connectivity index (χ4v) is 5.96. The summed E-state index contributed by atoms with van der Waals surface area (Å²) in [4.78, 5) is 0. The van der Waals surface area contributed by atoms with Crippen molar-refractivity contribution < 1.29 is 4.74 Å². The van der Waals surface area contributed by atoms with Gasteiger partial charge in [-0.05, 0) is 48.5 Å². The number of hydrogen-bond acceptors (Lipinski definition) is 1. The molecule has 3 aromatic carbocycles. The second-order valence-corrected chi connectivity index (χ2v) is 8.94. The SMILES string of the molecule is COc1ccc([P+](C)(c2ccccc2)c2ccccc2)cc1. The Kier molecular flexibility index (Phi) is 4.27. The fraction of sp³-hybridized carbons (Fsp3) is 0.100. The Hall–Kier alpha value is -2.11. The Morgan fingerprint density at radius 3 is 1.41 bits per heavy atom. The number of benzene rings is 3. The van der Waals surface area contributed by atoms with Crippen LogP contribution in [0.3, 0.4) is 0 Å². The molecule has 0 spiro atoms. The van der Waals surface area contributed by atoms with E-state index < -0.39 is 7.26 Å². The topological polar surface area (TPSA) is 9.23 Å². The van der Waals surface area contributed by atoms with Crippen molar-refractivity contribution in [2.24, 2.45) is 0 Å². The summed E-state index contributed by atoms with van der Waals surface area (Å²) in [5, 5.41) is 4.16. The molecule has 3 rings (SSSR count). The van der Waals surface area contributed by atoms with Crippen molar-refractivity contribution in [1.29, 1.82) is 0 Å². The van der Waals surface area contributed by atoms with Crippen molar-refractivity contribution >= 4 is 23.2 Å². The number of rotatable bonds is 4. The van der Waals surface area contributed by atoms with E-state index in [-0.39, 0.29) is 0 Å². The fourth-order valence-electron chi connectivity index (χ4n) is 2.78. The second kappa shape index (κ2) is 6.34. The summed E-state index contributed by atoms with van der Waals surface area (Å²) < 4.78 is 5.31. The second-order valence-electron chi connectivity index (χ2n) is 5.38. The van der Waals surface area contributed by atoms with Crippen LogP contribution in [0.1, 0.15) is 0 Å². The van der Waals surface area contributed by atoms with Crippen LogP contribution in [0.25, 0.3) is 0 Å². The van der Waals surface area contributed by atoms with E-state index in [0.717, 1.165) is 5.75 Å². The molecule has 0 aliphatic carbocycles. The van der Waals surface area contributed by atoms with Crippen LogP contribution in [0.15, 0.2) is 84.9 Å². The molecule has 0 atom stereocenters. The monoisotopic (exact) mass is 307 g/mol. The molecule has 3 aromatic rings. The van der Waals surface area contributed by atoms with Crippen LogP contribution in [-0.2, 0) is 0 Å². The van der Waals surface area contributed by atoms with Gasteiger partial charge in [-0.3, -0.25) is 0 Å². The number of hydrogen-bond donors (Lipinski definition) is 0. The minimum Gasteiger partial charge on any atom is -0.497 e. The predicted molar refractivity (Wildman–Crippen MR) is 97.6 cm³/mol. The average Bonchev–Trinajstić information content (AvgIpc) is 2.62. The third kappa shape index (κ3) is 2.65. The molecule has 0 aromatic heterocycles. The molecule has 22 heavy (non-hydrogen) atoms. The van der Waals surface area contributed by atoms with Gasteiger partial charge in [-0.1, -0.05) is 36.4 Å². The van der Waals surface area contributed by atoms with Crippen molar-refractivity contribution in [3.63, 3.8) is 0 Å². The Labute approximate surface area is 132 Å². The normalized spacial score (nSPS) is 11.2. The molecular formula is C20H20OP+. The Morgan fingerprint density at radius 1 is 0.591 bits per heavy atom. The van der Waals surface area contributed by atoms with Crippen LogP contribution >= 0.6 is 7.26 Å². The van der Waals surface area contributed by atoms with E-state index in [2.05, 4.69) is 91.6 Å². The van der Waals surface area contributed by atoms with Crippen LogP contribution in [0.2, 0.25) is 0 Å². The highest BCUT2D eigenvalue weighted by Gasteiger charge is 2.39. The maximum absolute atomic E-state index is 5.31. The first-order chi connectivity index (χ1) is 10.7. The van der Waals surface area contributed by atoms with Crippen LogP contribution in [0, 0.1) is 0 Å². The van der Waals surface area contributed by atoms with E-state index in [0.29, 0.717) is 0 Å². The van der Waals surface area contributed by atoms with Crippen molar-refractivity contribution in [2.45, 2.75) is 0 Å². The third-order valence-corrected chi connectivity index (χ3v) is 8.13. The van der Waals surface area contributed by atoms with Crippen molar-refractivity contribution in [2.75, 3.05) is 13.8 Å². The summed E-state index contributed by atoms with van der Waals surface area (Å²) >= 11 is 0. The van der Waals surface area contributed by atoms with E-state index in [1.54, 1.807) is 7.11 Å². The molecule has 0 radical (unpaired) electrons. The van der Waals surface area contributed by atoms with Crippen molar-refractivity contribution in [1.82, 2.24) is 0 Å². The molecule has 0 N–H and O–H groups in total. The zero-order valence-corrected chi connectivity index (χ0v) is 13.8. The van der Waals surface area contributed by atoms with Crippen LogP contribution in [0.5, 0.6) is 5.75 Å². The summed E-state index contributed by atoms with van der Waals surface area (Å²) in [5.41, 5.74) is 0. The Bertz CT molecular complexity index is 681. The Morgan fingerprint density at radius 2 is 1.00 bits per heavy atom. The van der Waals surface area contributed by atoms with E-state index in [1.807, 2.05) is 0 Å². The van der Waals surface area contributed by atoms with Gasteiger partial charge in [-0.15, -0.1) is 0 Å². The molecule has 0 saturated heterocycles. The van der Waals surface area contributed by atoms with E-state index in [4.69, 9.17) is 4.74 Å². The van der Waals surface area contributed by atoms with Gasteiger partial charge in [0.2, 0.25) is 0 Å². The van der Waals surface area contributed by atoms with E-state index in [9.17, 15) is 0 Å². The predicted octanol–water partition coefficient (Wildman–Crippen LogP) is 3.62. The summed E-state index contributed by atoms with van der Waals surface area (Å²) in [6.45, 7) is 2.39. The van der Waals surface area contributed by atoms with E-state index >= 15 is 0 Å². The zero-order chi connectivity index (χ0) is 15.4. The highest BCUT2D eigenvalue weighted by molar-refractivity contribution is 7.95. The number of ether oxygens (including phenoxy) is 1. The molecule has 2 heteroatoms.